The monoisotopic (exact) mass is 241 g/mol. The molecule has 100 valence electrons. The van der Waals surface area contributed by atoms with Gasteiger partial charge in [0.25, 0.3) is 0 Å². The van der Waals surface area contributed by atoms with E-state index in [1.165, 1.54) is 51.4 Å². The Morgan fingerprint density at radius 3 is 1.94 bits per heavy atom. The van der Waals surface area contributed by atoms with Crippen molar-refractivity contribution in [2.75, 3.05) is 0 Å². The van der Waals surface area contributed by atoms with Crippen molar-refractivity contribution in [3.63, 3.8) is 0 Å². The smallest absolute Gasteiger partial charge is 0.351 e. The molecule has 17 heavy (non-hydrogen) atoms. The maximum Gasteiger partial charge on any atom is 0.351 e. The number of carboxylic acid groups (broad SMARTS) is 1. The zero-order valence-corrected chi connectivity index (χ0v) is 11.1. The lowest BCUT2D eigenvalue weighted by molar-refractivity contribution is -0.132. The number of carboxylic acids is 1. The zero-order chi connectivity index (χ0) is 12.9. The van der Waals surface area contributed by atoms with Crippen molar-refractivity contribution in [2.45, 2.75) is 71.1 Å². The summed E-state index contributed by atoms with van der Waals surface area (Å²) in [5, 5.41) is 8.53. The van der Waals surface area contributed by atoms with E-state index < -0.39 is 5.97 Å². The number of hydrogen-bond acceptors (Lipinski definition) is 2. The van der Waals surface area contributed by atoms with E-state index >= 15 is 0 Å². The standard InChI is InChI=1S/C14H27NO2/c1-2-3-4-5-6-7-8-9-10-11-12-13(15)14(16)17/h12H,2-11,15H2,1H3,(H,16,17). The highest BCUT2D eigenvalue weighted by molar-refractivity contribution is 5.85. The lowest BCUT2D eigenvalue weighted by Gasteiger charge is -2.00. The third kappa shape index (κ3) is 11.3. The third-order valence-electron chi connectivity index (χ3n) is 2.92. The predicted octanol–water partition coefficient (Wildman–Crippen LogP) is 3.83. The quantitative estimate of drug-likeness (QED) is 0.427. The molecular weight excluding hydrogens is 214 g/mol. The van der Waals surface area contributed by atoms with Crippen LogP contribution in [0.1, 0.15) is 71.1 Å². The van der Waals surface area contributed by atoms with E-state index in [2.05, 4.69) is 6.92 Å². The number of unbranched alkanes of at least 4 members (excludes halogenated alkanes) is 9. The minimum Gasteiger partial charge on any atom is -0.477 e. The Bertz CT molecular complexity index is 224. The van der Waals surface area contributed by atoms with Crippen LogP contribution in [0.3, 0.4) is 0 Å². The van der Waals surface area contributed by atoms with Gasteiger partial charge < -0.3 is 10.8 Å². The Morgan fingerprint density at radius 2 is 1.47 bits per heavy atom. The molecule has 0 aromatic rings. The topological polar surface area (TPSA) is 63.3 Å². The van der Waals surface area contributed by atoms with E-state index in [-0.39, 0.29) is 5.70 Å². The van der Waals surface area contributed by atoms with Gasteiger partial charge in [-0.1, -0.05) is 64.4 Å². The molecular formula is C14H27NO2. The first-order valence-corrected chi connectivity index (χ1v) is 6.87. The molecule has 0 bridgehead atoms. The highest BCUT2D eigenvalue weighted by atomic mass is 16.4. The van der Waals surface area contributed by atoms with Crippen molar-refractivity contribution in [3.8, 4) is 0 Å². The van der Waals surface area contributed by atoms with Crippen LogP contribution in [0, 0.1) is 0 Å². The molecule has 0 saturated heterocycles. The molecule has 0 aromatic heterocycles. The number of aliphatic carboxylic acids is 1. The van der Waals surface area contributed by atoms with Crippen LogP contribution < -0.4 is 5.73 Å². The van der Waals surface area contributed by atoms with Crippen molar-refractivity contribution in [1.29, 1.82) is 0 Å². The number of nitrogens with two attached hydrogens (primary N) is 1. The summed E-state index contributed by atoms with van der Waals surface area (Å²) in [5.41, 5.74) is 5.26. The molecule has 0 amide bonds. The van der Waals surface area contributed by atoms with Gasteiger partial charge in [0.05, 0.1) is 0 Å². The Hall–Kier alpha value is -0.990. The average Bonchev–Trinajstić information content (AvgIpc) is 2.31. The minimum atomic E-state index is -1.01. The highest BCUT2D eigenvalue weighted by Crippen LogP contribution is 2.10. The number of hydrogen-bond donors (Lipinski definition) is 2. The van der Waals surface area contributed by atoms with Crippen LogP contribution in [0.4, 0.5) is 0 Å². The molecule has 0 aliphatic heterocycles. The summed E-state index contributed by atoms with van der Waals surface area (Å²) < 4.78 is 0. The second-order valence-corrected chi connectivity index (χ2v) is 4.58. The maximum atomic E-state index is 10.4. The second-order valence-electron chi connectivity index (χ2n) is 4.58. The third-order valence-corrected chi connectivity index (χ3v) is 2.92. The number of rotatable bonds is 11. The molecule has 0 saturated carbocycles. The van der Waals surface area contributed by atoms with Gasteiger partial charge in [-0.3, -0.25) is 0 Å². The Kier molecular flexibility index (Phi) is 10.8. The second kappa shape index (κ2) is 11.5. The number of allylic oxidation sites excluding steroid dienone is 1. The molecule has 0 aliphatic carbocycles. The van der Waals surface area contributed by atoms with Crippen LogP contribution in [0.15, 0.2) is 11.8 Å². The van der Waals surface area contributed by atoms with Crippen LogP contribution >= 0.6 is 0 Å². The molecule has 0 unspecified atom stereocenters. The normalized spacial score (nSPS) is 11.7. The summed E-state index contributed by atoms with van der Waals surface area (Å²) in [6.45, 7) is 2.23. The number of carbonyl (C=O) groups is 1. The summed E-state index contributed by atoms with van der Waals surface area (Å²) in [5.74, 6) is -1.01. The van der Waals surface area contributed by atoms with E-state index in [1.54, 1.807) is 6.08 Å². The molecule has 3 nitrogen and oxygen atoms in total. The Labute approximate surface area is 105 Å². The lowest BCUT2D eigenvalue weighted by Crippen LogP contribution is -2.09. The van der Waals surface area contributed by atoms with Gasteiger partial charge in [-0.05, 0) is 12.8 Å². The fourth-order valence-corrected chi connectivity index (χ4v) is 1.80. The van der Waals surface area contributed by atoms with Crippen molar-refractivity contribution in [1.82, 2.24) is 0 Å². The molecule has 0 atom stereocenters. The van der Waals surface area contributed by atoms with Gasteiger partial charge in [0.2, 0.25) is 0 Å². The molecule has 0 spiro atoms. The van der Waals surface area contributed by atoms with Crippen molar-refractivity contribution in [3.05, 3.63) is 11.8 Å². The predicted molar refractivity (Wildman–Crippen MR) is 71.8 cm³/mol. The van der Waals surface area contributed by atoms with Crippen LogP contribution in [-0.4, -0.2) is 11.1 Å². The van der Waals surface area contributed by atoms with Gasteiger partial charge in [0.15, 0.2) is 0 Å². The van der Waals surface area contributed by atoms with Crippen LogP contribution in [0.2, 0.25) is 0 Å². The SMILES string of the molecule is CCCCCCCCCCCC=C(N)C(=O)O. The summed E-state index contributed by atoms with van der Waals surface area (Å²) in [4.78, 5) is 10.4. The van der Waals surface area contributed by atoms with Gasteiger partial charge in [-0.25, -0.2) is 4.79 Å². The molecule has 3 N–H and O–H groups in total. The summed E-state index contributed by atoms with van der Waals surface area (Å²) in [6.07, 6.45) is 13.9. The van der Waals surface area contributed by atoms with Crippen LogP contribution in [0.25, 0.3) is 0 Å². The van der Waals surface area contributed by atoms with Gasteiger partial charge >= 0.3 is 5.97 Å². The molecule has 0 radical (unpaired) electrons. The van der Waals surface area contributed by atoms with Gasteiger partial charge in [-0.15, -0.1) is 0 Å². The lowest BCUT2D eigenvalue weighted by atomic mass is 10.1. The first-order valence-electron chi connectivity index (χ1n) is 6.87. The van der Waals surface area contributed by atoms with Crippen LogP contribution in [0.5, 0.6) is 0 Å². The Balaban J connectivity index is 3.19. The maximum absolute atomic E-state index is 10.4. The first-order chi connectivity index (χ1) is 8.18. The molecule has 0 aromatic carbocycles. The van der Waals surface area contributed by atoms with Crippen molar-refractivity contribution in [2.24, 2.45) is 5.73 Å². The van der Waals surface area contributed by atoms with Crippen LogP contribution in [-0.2, 0) is 4.79 Å². The molecule has 0 fully saturated rings. The van der Waals surface area contributed by atoms with E-state index in [1.807, 2.05) is 0 Å². The first kappa shape index (κ1) is 16.0. The minimum absolute atomic E-state index is 0.0236. The van der Waals surface area contributed by atoms with Crippen molar-refractivity contribution >= 4 is 5.97 Å². The molecule has 0 rings (SSSR count). The highest BCUT2D eigenvalue weighted by Gasteiger charge is 1.98. The van der Waals surface area contributed by atoms with E-state index in [4.69, 9.17) is 10.8 Å². The average molecular weight is 241 g/mol. The Morgan fingerprint density at radius 1 is 1.00 bits per heavy atom. The summed E-state index contributed by atoms with van der Waals surface area (Å²) in [7, 11) is 0. The zero-order valence-electron chi connectivity index (χ0n) is 11.1. The molecule has 0 aliphatic rings. The van der Waals surface area contributed by atoms with E-state index in [9.17, 15) is 4.79 Å². The van der Waals surface area contributed by atoms with E-state index in [0.717, 1.165) is 12.8 Å². The summed E-state index contributed by atoms with van der Waals surface area (Å²) >= 11 is 0. The van der Waals surface area contributed by atoms with Gasteiger partial charge in [-0.2, -0.15) is 0 Å². The van der Waals surface area contributed by atoms with Gasteiger partial charge in [0.1, 0.15) is 5.70 Å². The van der Waals surface area contributed by atoms with Gasteiger partial charge in [0, 0.05) is 0 Å². The molecule has 0 heterocycles. The summed E-state index contributed by atoms with van der Waals surface area (Å²) in [6, 6.07) is 0. The fourth-order valence-electron chi connectivity index (χ4n) is 1.80. The molecule has 3 heteroatoms. The van der Waals surface area contributed by atoms with E-state index in [0.29, 0.717) is 0 Å². The fraction of sp³-hybridized carbons (Fsp3) is 0.786. The largest absolute Gasteiger partial charge is 0.477 e. The van der Waals surface area contributed by atoms with Crippen molar-refractivity contribution < 1.29 is 9.90 Å².